The Balaban J connectivity index is 2.45. The molecule has 1 aliphatic heterocycles. The summed E-state index contributed by atoms with van der Waals surface area (Å²) >= 11 is 0. The molecule has 1 aromatic carbocycles. The molecule has 0 spiro atoms. The van der Waals surface area contributed by atoms with E-state index in [0.29, 0.717) is 23.5 Å². The molecule has 1 heterocycles. The molecule has 5 nitrogen and oxygen atoms in total. The van der Waals surface area contributed by atoms with Crippen molar-refractivity contribution in [2.75, 3.05) is 18.0 Å². The van der Waals surface area contributed by atoms with Crippen molar-refractivity contribution in [3.8, 4) is 5.75 Å². The molecule has 1 atom stereocenters. The van der Waals surface area contributed by atoms with Crippen LogP contribution >= 0.6 is 0 Å². The van der Waals surface area contributed by atoms with E-state index < -0.39 is 6.10 Å². The van der Waals surface area contributed by atoms with E-state index in [1.807, 2.05) is 6.92 Å². The van der Waals surface area contributed by atoms with Crippen molar-refractivity contribution in [2.45, 2.75) is 26.4 Å². The summed E-state index contributed by atoms with van der Waals surface area (Å²) in [5.41, 5.74) is 6.53. The summed E-state index contributed by atoms with van der Waals surface area (Å²) in [6, 6.07) is 5.09. The number of rotatable bonds is 4. The molecule has 1 amide bonds. The van der Waals surface area contributed by atoms with Gasteiger partial charge in [0.1, 0.15) is 5.75 Å². The molecular formula is C14H18N2O3. The highest BCUT2D eigenvalue weighted by molar-refractivity contribution is 6.03. The van der Waals surface area contributed by atoms with E-state index in [2.05, 4.69) is 0 Å². The van der Waals surface area contributed by atoms with E-state index in [1.165, 1.54) is 0 Å². The van der Waals surface area contributed by atoms with Gasteiger partial charge in [-0.05, 0) is 31.5 Å². The van der Waals surface area contributed by atoms with Crippen LogP contribution in [0.2, 0.25) is 0 Å². The van der Waals surface area contributed by atoms with Crippen LogP contribution < -0.4 is 15.4 Å². The Kier molecular flexibility index (Phi) is 3.85. The summed E-state index contributed by atoms with van der Waals surface area (Å²) in [6.45, 7) is 4.30. The number of benzene rings is 1. The number of hydrogen-bond donors (Lipinski definition) is 1. The molecule has 0 radical (unpaired) electrons. The van der Waals surface area contributed by atoms with Crippen LogP contribution in [0.1, 0.15) is 30.6 Å². The van der Waals surface area contributed by atoms with Crippen molar-refractivity contribution in [3.63, 3.8) is 0 Å². The molecule has 0 fully saturated rings. The number of nitrogens with zero attached hydrogens (tertiary/aromatic N) is 1. The van der Waals surface area contributed by atoms with Gasteiger partial charge in [-0.25, -0.2) is 0 Å². The van der Waals surface area contributed by atoms with Gasteiger partial charge in [-0.1, -0.05) is 6.92 Å². The van der Waals surface area contributed by atoms with E-state index >= 15 is 0 Å². The van der Waals surface area contributed by atoms with Crippen LogP contribution in [0, 0.1) is 0 Å². The zero-order chi connectivity index (χ0) is 14.0. The Morgan fingerprint density at radius 2 is 2.21 bits per heavy atom. The third-order valence-electron chi connectivity index (χ3n) is 3.12. The van der Waals surface area contributed by atoms with Gasteiger partial charge in [0.15, 0.2) is 11.9 Å². The first-order chi connectivity index (χ1) is 9.08. The van der Waals surface area contributed by atoms with Crippen LogP contribution in [-0.2, 0) is 4.79 Å². The molecule has 1 aromatic rings. The maximum atomic E-state index is 12.1. The van der Waals surface area contributed by atoms with Crippen molar-refractivity contribution >= 4 is 17.4 Å². The van der Waals surface area contributed by atoms with Crippen LogP contribution in [0.5, 0.6) is 5.75 Å². The molecule has 1 aliphatic rings. The minimum Gasteiger partial charge on any atom is -0.479 e. The molecule has 0 aliphatic carbocycles. The number of anilines is 1. The van der Waals surface area contributed by atoms with Crippen molar-refractivity contribution < 1.29 is 14.3 Å². The average molecular weight is 262 g/mol. The number of amides is 1. The fourth-order valence-electron chi connectivity index (χ4n) is 2.15. The standard InChI is InChI=1S/C14H18N2O3/c1-3-6-16-11-7-10(12(17)8-15)4-5-13(11)19-9(2)14(16)18/h4-5,7,9H,3,6,8,15H2,1-2H3. The lowest BCUT2D eigenvalue weighted by molar-refractivity contribution is -0.125. The number of carbonyl (C=O) groups excluding carboxylic acids is 2. The van der Waals surface area contributed by atoms with Gasteiger partial charge in [0, 0.05) is 12.1 Å². The Bertz CT molecular complexity index is 513. The maximum absolute atomic E-state index is 12.1. The molecular weight excluding hydrogens is 244 g/mol. The Hall–Kier alpha value is -1.88. The lowest BCUT2D eigenvalue weighted by Crippen LogP contribution is -2.44. The van der Waals surface area contributed by atoms with Crippen molar-refractivity contribution in [2.24, 2.45) is 5.73 Å². The Labute approximate surface area is 112 Å². The number of Topliss-reactive ketones (excluding diaryl/α,β-unsaturated/α-hetero) is 1. The Morgan fingerprint density at radius 3 is 2.84 bits per heavy atom. The molecule has 0 saturated carbocycles. The highest BCUT2D eigenvalue weighted by Gasteiger charge is 2.31. The minimum atomic E-state index is -0.491. The number of ether oxygens (including phenoxy) is 1. The predicted octanol–water partition coefficient (Wildman–Crippen LogP) is 1.35. The summed E-state index contributed by atoms with van der Waals surface area (Å²) < 4.78 is 5.56. The quantitative estimate of drug-likeness (QED) is 0.831. The molecule has 0 saturated heterocycles. The molecule has 2 N–H and O–H groups in total. The first-order valence-electron chi connectivity index (χ1n) is 6.43. The van der Waals surface area contributed by atoms with Crippen molar-refractivity contribution in [1.82, 2.24) is 0 Å². The van der Waals surface area contributed by atoms with Gasteiger partial charge in [0.05, 0.1) is 12.2 Å². The van der Waals surface area contributed by atoms with Crippen LogP contribution in [0.4, 0.5) is 5.69 Å². The number of hydrogen-bond acceptors (Lipinski definition) is 4. The van der Waals surface area contributed by atoms with Crippen molar-refractivity contribution in [3.05, 3.63) is 23.8 Å². The van der Waals surface area contributed by atoms with E-state index in [-0.39, 0.29) is 18.2 Å². The lowest BCUT2D eigenvalue weighted by atomic mass is 10.1. The SMILES string of the molecule is CCCN1C(=O)C(C)Oc2ccc(C(=O)CN)cc21. The third-order valence-corrected chi connectivity index (χ3v) is 3.12. The first-order valence-corrected chi connectivity index (χ1v) is 6.43. The van der Waals surface area contributed by atoms with Gasteiger partial charge < -0.3 is 15.4 Å². The van der Waals surface area contributed by atoms with Gasteiger partial charge in [-0.3, -0.25) is 9.59 Å². The number of carbonyl (C=O) groups is 2. The van der Waals surface area contributed by atoms with E-state index in [0.717, 1.165) is 6.42 Å². The second-order valence-corrected chi connectivity index (χ2v) is 4.56. The second kappa shape index (κ2) is 5.40. The van der Waals surface area contributed by atoms with Gasteiger partial charge >= 0.3 is 0 Å². The molecule has 2 rings (SSSR count). The number of fused-ring (bicyclic) bond motifs is 1. The number of ketones is 1. The number of nitrogens with two attached hydrogens (primary N) is 1. The highest BCUT2D eigenvalue weighted by atomic mass is 16.5. The van der Waals surface area contributed by atoms with Crippen LogP contribution in [0.15, 0.2) is 18.2 Å². The summed E-state index contributed by atoms with van der Waals surface area (Å²) in [5.74, 6) is 0.408. The largest absolute Gasteiger partial charge is 0.479 e. The van der Waals surface area contributed by atoms with Gasteiger partial charge in [0.2, 0.25) is 0 Å². The van der Waals surface area contributed by atoms with Crippen LogP contribution in [-0.4, -0.2) is 30.9 Å². The first kappa shape index (κ1) is 13.5. The summed E-state index contributed by atoms with van der Waals surface area (Å²) in [4.78, 5) is 25.4. The lowest BCUT2D eigenvalue weighted by Gasteiger charge is -2.33. The van der Waals surface area contributed by atoms with E-state index in [9.17, 15) is 9.59 Å². The van der Waals surface area contributed by atoms with Gasteiger partial charge in [0.25, 0.3) is 5.91 Å². The molecule has 5 heteroatoms. The molecule has 102 valence electrons. The topological polar surface area (TPSA) is 72.6 Å². The molecule has 19 heavy (non-hydrogen) atoms. The summed E-state index contributed by atoms with van der Waals surface area (Å²) in [6.07, 6.45) is 0.350. The minimum absolute atomic E-state index is 0.0439. The summed E-state index contributed by atoms with van der Waals surface area (Å²) in [5, 5.41) is 0. The van der Waals surface area contributed by atoms with E-state index in [4.69, 9.17) is 10.5 Å². The average Bonchev–Trinajstić information content (AvgIpc) is 2.42. The summed E-state index contributed by atoms with van der Waals surface area (Å²) in [7, 11) is 0. The second-order valence-electron chi connectivity index (χ2n) is 4.56. The fourth-order valence-corrected chi connectivity index (χ4v) is 2.15. The smallest absolute Gasteiger partial charge is 0.267 e. The third kappa shape index (κ3) is 2.46. The fraction of sp³-hybridized carbons (Fsp3) is 0.429. The van der Waals surface area contributed by atoms with Crippen LogP contribution in [0.3, 0.4) is 0 Å². The van der Waals surface area contributed by atoms with Gasteiger partial charge in [-0.15, -0.1) is 0 Å². The van der Waals surface area contributed by atoms with Crippen molar-refractivity contribution in [1.29, 1.82) is 0 Å². The normalized spacial score (nSPS) is 17.9. The molecule has 1 unspecified atom stereocenters. The van der Waals surface area contributed by atoms with Gasteiger partial charge in [-0.2, -0.15) is 0 Å². The molecule has 0 aromatic heterocycles. The predicted molar refractivity (Wildman–Crippen MR) is 72.6 cm³/mol. The molecule has 0 bridgehead atoms. The maximum Gasteiger partial charge on any atom is 0.267 e. The monoisotopic (exact) mass is 262 g/mol. The van der Waals surface area contributed by atoms with Crippen LogP contribution in [0.25, 0.3) is 0 Å². The zero-order valence-electron chi connectivity index (χ0n) is 11.2. The Morgan fingerprint density at radius 1 is 1.47 bits per heavy atom. The highest BCUT2D eigenvalue weighted by Crippen LogP contribution is 2.35. The zero-order valence-corrected chi connectivity index (χ0v) is 11.2. The van der Waals surface area contributed by atoms with E-state index in [1.54, 1.807) is 30.0 Å².